The monoisotopic (exact) mass is 204 g/mol. The number of pyridine rings is 1. The van der Waals surface area contributed by atoms with Gasteiger partial charge in [-0.15, -0.1) is 0 Å². The van der Waals surface area contributed by atoms with E-state index in [1.807, 2.05) is 0 Å². The molecule has 1 aromatic heterocycles. The van der Waals surface area contributed by atoms with E-state index in [2.05, 4.69) is 4.98 Å². The molecule has 0 aliphatic carbocycles. The summed E-state index contributed by atoms with van der Waals surface area (Å²) in [6.07, 6.45) is 1.54. The Morgan fingerprint density at radius 1 is 1.55 bits per heavy atom. The smallest absolute Gasteiger partial charge is 0.210 e. The van der Waals surface area contributed by atoms with Gasteiger partial charge in [0.1, 0.15) is 0 Å². The zero-order valence-corrected chi connectivity index (χ0v) is 8.73. The molecular weight excluding hydrogens is 199 g/mol. The van der Waals surface area contributed by atoms with Crippen molar-refractivity contribution >= 4 is 4.56 Å². The Morgan fingerprint density at radius 2 is 2.09 bits per heavy atom. The third kappa shape index (κ3) is 9.04. The van der Waals surface area contributed by atoms with E-state index in [1.165, 1.54) is 12.3 Å². The third-order valence-corrected chi connectivity index (χ3v) is 0.649. The molecule has 1 rings (SSSR count). The van der Waals surface area contributed by atoms with Gasteiger partial charge in [-0.2, -0.15) is 0 Å². The minimum atomic E-state index is -0.708. The average Bonchev–Trinajstić information content (AvgIpc) is 1.87. The Bertz CT molecular complexity index is 210. The molecule has 0 saturated heterocycles. The maximum Gasteiger partial charge on any atom is 0.210 e. The first-order valence-corrected chi connectivity index (χ1v) is 4.26. The molecule has 0 unspecified atom stereocenters. The fourth-order valence-corrected chi connectivity index (χ4v) is 0.354. The van der Waals surface area contributed by atoms with Gasteiger partial charge >= 0.3 is 32.8 Å². The van der Waals surface area contributed by atoms with Crippen LogP contribution in [0.5, 0.6) is 5.88 Å². The fourth-order valence-electron chi connectivity index (χ4n) is 0.354. The second-order valence-corrected chi connectivity index (χ2v) is 2.85. The number of carbonyl (C=O) groups is 1. The van der Waals surface area contributed by atoms with Gasteiger partial charge in [0.05, 0.1) is 0 Å². The Hall–Kier alpha value is -0.957. The zero-order chi connectivity index (χ0) is 8.69. The quantitative estimate of drug-likeness (QED) is 0.620. The van der Waals surface area contributed by atoms with Crippen molar-refractivity contribution in [2.24, 2.45) is 0 Å². The fraction of sp³-hybridized carbons (Fsp3) is 0. The summed E-state index contributed by atoms with van der Waals surface area (Å²) in [5.41, 5.74) is 0. The molecular formula is C6H6NO3Zn. The summed E-state index contributed by atoms with van der Waals surface area (Å²) in [4.78, 5) is 12.6. The van der Waals surface area contributed by atoms with Gasteiger partial charge in [-0.05, 0) is 6.07 Å². The van der Waals surface area contributed by atoms with Crippen molar-refractivity contribution in [3.05, 3.63) is 24.4 Å². The standard InChI is InChI=1S/C5H5NO.CHO2.Zn/c7-5-3-1-2-4-6-5;2-1-3;/h1-4H,(H,6,7);(H,2,3);. The maximum atomic E-state index is 9.06. The van der Waals surface area contributed by atoms with Crippen LogP contribution >= 0.6 is 0 Å². The van der Waals surface area contributed by atoms with Crippen LogP contribution in [0.4, 0.5) is 4.79 Å². The largest absolute Gasteiger partial charge is 0.493 e. The van der Waals surface area contributed by atoms with Crippen molar-refractivity contribution in [1.82, 2.24) is 4.98 Å². The molecule has 0 radical (unpaired) electrons. The normalized spacial score (nSPS) is 7.82. The van der Waals surface area contributed by atoms with Gasteiger partial charge in [0, 0.05) is 12.3 Å². The predicted octanol–water partition coefficient (Wildman–Crippen LogP) is 0.998. The molecule has 0 spiro atoms. The van der Waals surface area contributed by atoms with Crippen molar-refractivity contribution in [2.45, 2.75) is 0 Å². The first-order chi connectivity index (χ1) is 5.13. The third-order valence-electron chi connectivity index (χ3n) is 0.649. The van der Waals surface area contributed by atoms with Gasteiger partial charge in [-0.25, -0.2) is 4.98 Å². The minimum Gasteiger partial charge on any atom is -0.493 e. The molecule has 0 aliphatic heterocycles. The van der Waals surface area contributed by atoms with Gasteiger partial charge in [0.2, 0.25) is 5.88 Å². The van der Waals surface area contributed by atoms with Crippen LogP contribution in [0.25, 0.3) is 0 Å². The molecule has 2 N–H and O–H groups in total. The Kier molecular flexibility index (Phi) is 5.30. The zero-order valence-electron chi connectivity index (χ0n) is 5.77. The second kappa shape index (κ2) is 5.80. The minimum absolute atomic E-state index is 0.0718. The van der Waals surface area contributed by atoms with E-state index >= 15 is 0 Å². The molecule has 0 saturated carbocycles. The summed E-state index contributed by atoms with van der Waals surface area (Å²) in [6.45, 7) is 0. The van der Waals surface area contributed by atoms with Crippen LogP contribution in [-0.4, -0.2) is 19.8 Å². The average molecular weight is 206 g/mol. The SMILES string of the molecule is O=[C](O)[Zn].Oc1ccccn1. The van der Waals surface area contributed by atoms with E-state index in [0.29, 0.717) is 18.3 Å². The van der Waals surface area contributed by atoms with Gasteiger partial charge in [-0.3, -0.25) is 0 Å². The van der Waals surface area contributed by atoms with Crippen molar-refractivity contribution < 1.29 is 33.3 Å². The number of carboxylic acid groups (broad SMARTS) is 1. The van der Waals surface area contributed by atoms with E-state index in [4.69, 9.17) is 15.0 Å². The van der Waals surface area contributed by atoms with Crippen LogP contribution in [0.3, 0.4) is 0 Å². The molecule has 55 valence electrons. The Balaban J connectivity index is 0.000000218. The number of rotatable bonds is 0. The Morgan fingerprint density at radius 3 is 2.27 bits per heavy atom. The van der Waals surface area contributed by atoms with E-state index < -0.39 is 4.56 Å². The summed E-state index contributed by atoms with van der Waals surface area (Å²) in [7, 11) is 0. The molecule has 0 amide bonds. The van der Waals surface area contributed by atoms with E-state index in [-0.39, 0.29) is 5.88 Å². The van der Waals surface area contributed by atoms with Crippen LogP contribution in [0, 0.1) is 0 Å². The summed E-state index contributed by atoms with van der Waals surface area (Å²) in [5, 5.41) is 16.0. The molecule has 0 fully saturated rings. The molecule has 1 aromatic rings. The maximum absolute atomic E-state index is 9.06. The van der Waals surface area contributed by atoms with E-state index in [0.717, 1.165) is 0 Å². The molecule has 0 bridgehead atoms. The molecule has 11 heavy (non-hydrogen) atoms. The Labute approximate surface area is 73.6 Å². The van der Waals surface area contributed by atoms with Crippen LogP contribution in [-0.2, 0) is 18.3 Å². The van der Waals surface area contributed by atoms with Crippen LogP contribution < -0.4 is 0 Å². The van der Waals surface area contributed by atoms with E-state index in [9.17, 15) is 0 Å². The van der Waals surface area contributed by atoms with Crippen molar-refractivity contribution in [3.8, 4) is 5.88 Å². The topological polar surface area (TPSA) is 70.4 Å². The van der Waals surface area contributed by atoms with E-state index in [1.54, 1.807) is 12.1 Å². The van der Waals surface area contributed by atoms with Crippen molar-refractivity contribution in [2.75, 3.05) is 0 Å². The molecule has 0 aliphatic rings. The molecule has 0 aromatic carbocycles. The van der Waals surface area contributed by atoms with Gasteiger partial charge in [0.25, 0.3) is 0 Å². The van der Waals surface area contributed by atoms with Crippen molar-refractivity contribution in [3.63, 3.8) is 0 Å². The number of hydrogen-bond acceptors (Lipinski definition) is 3. The van der Waals surface area contributed by atoms with Gasteiger partial charge in [-0.1, -0.05) is 6.07 Å². The number of nitrogens with zero attached hydrogens (tertiary/aromatic N) is 1. The number of hydrogen-bond donors (Lipinski definition) is 2. The number of aromatic hydroxyl groups is 1. The van der Waals surface area contributed by atoms with Crippen LogP contribution in [0.15, 0.2) is 24.4 Å². The van der Waals surface area contributed by atoms with Crippen molar-refractivity contribution in [1.29, 1.82) is 0 Å². The summed E-state index contributed by atoms with van der Waals surface area (Å²) in [5.74, 6) is 0.0718. The summed E-state index contributed by atoms with van der Waals surface area (Å²) < 4.78 is -0.708. The summed E-state index contributed by atoms with van der Waals surface area (Å²) >= 11 is 0.347. The van der Waals surface area contributed by atoms with Crippen LogP contribution in [0.1, 0.15) is 0 Å². The van der Waals surface area contributed by atoms with Gasteiger partial charge in [0.15, 0.2) is 0 Å². The molecule has 0 atom stereocenters. The summed E-state index contributed by atoms with van der Waals surface area (Å²) in [6, 6.07) is 5.00. The molecule has 1 heterocycles. The second-order valence-electron chi connectivity index (χ2n) is 1.58. The van der Waals surface area contributed by atoms with Gasteiger partial charge < -0.3 is 5.11 Å². The first kappa shape index (κ1) is 10.0. The first-order valence-electron chi connectivity index (χ1n) is 2.78. The van der Waals surface area contributed by atoms with Crippen LogP contribution in [0.2, 0.25) is 0 Å². The predicted molar refractivity (Wildman–Crippen MR) is 33.9 cm³/mol. The molecule has 5 heteroatoms. The molecule has 4 nitrogen and oxygen atoms in total. The number of aromatic nitrogens is 1.